The van der Waals surface area contributed by atoms with Crippen LogP contribution in [0.4, 0.5) is 0 Å². The van der Waals surface area contributed by atoms with Crippen molar-refractivity contribution in [2.75, 3.05) is 26.2 Å². The van der Waals surface area contributed by atoms with Crippen LogP contribution in [0.1, 0.15) is 13.3 Å². The van der Waals surface area contributed by atoms with E-state index in [0.29, 0.717) is 23.9 Å². The van der Waals surface area contributed by atoms with Crippen LogP contribution in [0.15, 0.2) is 42.6 Å². The summed E-state index contributed by atoms with van der Waals surface area (Å²) in [6, 6.07) is 12.2. The fourth-order valence-corrected chi connectivity index (χ4v) is 4.97. The summed E-state index contributed by atoms with van der Waals surface area (Å²) in [5, 5.41) is 0.580. The number of carbonyl (C=O) groups excluding carboxylic acids is 1. The monoisotopic (exact) mass is 410 g/mol. The van der Waals surface area contributed by atoms with Crippen LogP contribution in [0.2, 0.25) is 0 Å². The highest BCUT2D eigenvalue weighted by Crippen LogP contribution is 2.31. The van der Waals surface area contributed by atoms with Gasteiger partial charge in [0.1, 0.15) is 28.5 Å². The Kier molecular flexibility index (Phi) is 4.81. The summed E-state index contributed by atoms with van der Waals surface area (Å²) in [4.78, 5) is 25.6. The molecule has 0 N–H and O–H groups in total. The van der Waals surface area contributed by atoms with Crippen molar-refractivity contribution < 1.29 is 14.3 Å². The number of aromatic nitrogens is 2. The molecule has 3 aromatic rings. The third-order valence-corrected chi connectivity index (χ3v) is 6.44. The van der Waals surface area contributed by atoms with E-state index in [0.717, 1.165) is 47.9 Å². The molecule has 2 fully saturated rings. The minimum atomic E-state index is 0.192. The molecule has 29 heavy (non-hydrogen) atoms. The fraction of sp³-hybridized carbons (Fsp3) is 0.381. The molecule has 7 nitrogen and oxygen atoms in total. The molecule has 2 aromatic heterocycles. The van der Waals surface area contributed by atoms with Gasteiger partial charge < -0.3 is 14.4 Å². The summed E-state index contributed by atoms with van der Waals surface area (Å²) in [5.74, 6) is 1.73. The first-order chi connectivity index (χ1) is 14.2. The Bertz CT molecular complexity index is 989. The van der Waals surface area contributed by atoms with Crippen molar-refractivity contribution in [1.82, 2.24) is 19.8 Å². The molecule has 4 heterocycles. The molecule has 0 unspecified atom stereocenters. The highest BCUT2D eigenvalue weighted by molar-refractivity contribution is 7.19. The second-order valence-corrected chi connectivity index (χ2v) is 8.38. The minimum Gasteiger partial charge on any atom is -0.492 e. The summed E-state index contributed by atoms with van der Waals surface area (Å²) in [5.41, 5.74) is 0.842. The van der Waals surface area contributed by atoms with Gasteiger partial charge >= 0.3 is 0 Å². The van der Waals surface area contributed by atoms with Crippen molar-refractivity contribution in [3.8, 4) is 16.7 Å². The van der Waals surface area contributed by atoms with Gasteiger partial charge in [-0.1, -0.05) is 11.3 Å². The van der Waals surface area contributed by atoms with E-state index in [9.17, 15) is 4.79 Å². The lowest BCUT2D eigenvalue weighted by Crippen LogP contribution is -2.48. The number of amides is 1. The van der Waals surface area contributed by atoms with Gasteiger partial charge in [0.25, 0.3) is 5.19 Å². The van der Waals surface area contributed by atoms with E-state index >= 15 is 0 Å². The third kappa shape index (κ3) is 3.77. The average molecular weight is 410 g/mol. The lowest BCUT2D eigenvalue weighted by Gasteiger charge is -2.33. The Labute approximate surface area is 172 Å². The zero-order valence-electron chi connectivity index (χ0n) is 16.2. The Morgan fingerprint density at radius 2 is 2.00 bits per heavy atom. The summed E-state index contributed by atoms with van der Waals surface area (Å²) in [6.45, 7) is 4.98. The Hall–Kier alpha value is -2.71. The number of piperazine rings is 1. The Balaban J connectivity index is 1.11. The van der Waals surface area contributed by atoms with Gasteiger partial charge in [0.2, 0.25) is 5.91 Å². The van der Waals surface area contributed by atoms with Crippen LogP contribution in [-0.4, -0.2) is 64.0 Å². The first kappa shape index (κ1) is 18.3. The molecule has 150 valence electrons. The quantitative estimate of drug-likeness (QED) is 0.622. The predicted molar refractivity (Wildman–Crippen MR) is 111 cm³/mol. The lowest BCUT2D eigenvalue weighted by atomic mass is 10.2. The van der Waals surface area contributed by atoms with Gasteiger partial charge in [-0.2, -0.15) is 0 Å². The van der Waals surface area contributed by atoms with Crippen molar-refractivity contribution in [2.24, 2.45) is 0 Å². The van der Waals surface area contributed by atoms with Gasteiger partial charge in [-0.05, 0) is 42.8 Å². The average Bonchev–Trinajstić information content (AvgIpc) is 3.42. The van der Waals surface area contributed by atoms with Crippen molar-refractivity contribution in [1.29, 1.82) is 0 Å². The first-order valence-electron chi connectivity index (χ1n) is 9.79. The van der Waals surface area contributed by atoms with Crippen LogP contribution >= 0.6 is 11.3 Å². The molecule has 2 saturated heterocycles. The van der Waals surface area contributed by atoms with Crippen LogP contribution in [0.25, 0.3) is 10.3 Å². The molecule has 0 aliphatic carbocycles. The predicted octanol–water partition coefficient (Wildman–Crippen LogP) is 3.17. The van der Waals surface area contributed by atoms with Crippen LogP contribution in [0.3, 0.4) is 0 Å². The molecule has 0 saturated carbocycles. The topological polar surface area (TPSA) is 67.8 Å². The molecule has 1 amide bonds. The molecule has 5 rings (SSSR count). The number of fused-ring (bicyclic) bond motifs is 3. The maximum absolute atomic E-state index is 11.6. The number of benzene rings is 1. The maximum Gasteiger partial charge on any atom is 0.281 e. The van der Waals surface area contributed by atoms with Gasteiger partial charge in [0, 0.05) is 44.8 Å². The lowest BCUT2D eigenvalue weighted by molar-refractivity contribution is -0.131. The first-order valence-corrected chi connectivity index (χ1v) is 10.6. The van der Waals surface area contributed by atoms with E-state index in [1.807, 2.05) is 41.3 Å². The van der Waals surface area contributed by atoms with Gasteiger partial charge in [0.15, 0.2) is 0 Å². The molecule has 8 heteroatoms. The standard InChI is InChI=1S/C21H22N4O3S/c1-14(26)25-13-15-11-16(25)12-24(15)9-10-27-17-4-6-18(7-5-17)28-21-23-19-3-2-8-22-20(19)29-21/h2-8,15-16H,9-13H2,1H3/t15-,16-/m0/s1. The Morgan fingerprint density at radius 3 is 2.72 bits per heavy atom. The van der Waals surface area contributed by atoms with Gasteiger partial charge in [-0.3, -0.25) is 9.69 Å². The van der Waals surface area contributed by atoms with Crippen molar-refractivity contribution in [3.63, 3.8) is 0 Å². The number of hydrogen-bond donors (Lipinski definition) is 0. The van der Waals surface area contributed by atoms with Crippen LogP contribution in [-0.2, 0) is 4.79 Å². The second kappa shape index (κ2) is 7.61. The molecule has 0 radical (unpaired) electrons. The third-order valence-electron chi connectivity index (χ3n) is 5.58. The summed E-state index contributed by atoms with van der Waals surface area (Å²) in [6.07, 6.45) is 2.84. The van der Waals surface area contributed by atoms with E-state index in [4.69, 9.17) is 9.47 Å². The molecular weight excluding hydrogens is 388 g/mol. The molecular formula is C21H22N4O3S. The van der Waals surface area contributed by atoms with E-state index in [1.54, 1.807) is 13.1 Å². The van der Waals surface area contributed by atoms with Crippen LogP contribution < -0.4 is 9.47 Å². The summed E-state index contributed by atoms with van der Waals surface area (Å²) in [7, 11) is 0. The summed E-state index contributed by atoms with van der Waals surface area (Å²) < 4.78 is 11.7. The highest BCUT2D eigenvalue weighted by atomic mass is 32.1. The van der Waals surface area contributed by atoms with Crippen LogP contribution in [0, 0.1) is 0 Å². The Morgan fingerprint density at radius 1 is 1.17 bits per heavy atom. The molecule has 1 aromatic carbocycles. The number of ether oxygens (including phenoxy) is 2. The van der Waals surface area contributed by atoms with Gasteiger partial charge in [0.05, 0.1) is 0 Å². The number of rotatable bonds is 6. The van der Waals surface area contributed by atoms with E-state index in [-0.39, 0.29) is 5.91 Å². The fourth-order valence-electron chi connectivity index (χ4n) is 4.19. The number of hydrogen-bond acceptors (Lipinski definition) is 7. The van der Waals surface area contributed by atoms with Crippen molar-refractivity contribution >= 4 is 27.6 Å². The summed E-state index contributed by atoms with van der Waals surface area (Å²) >= 11 is 1.43. The minimum absolute atomic E-state index is 0.192. The molecule has 2 aliphatic rings. The zero-order valence-corrected chi connectivity index (χ0v) is 17.0. The zero-order chi connectivity index (χ0) is 19.8. The maximum atomic E-state index is 11.6. The number of pyridine rings is 1. The number of carbonyl (C=O) groups is 1. The number of nitrogens with zero attached hydrogens (tertiary/aromatic N) is 4. The van der Waals surface area contributed by atoms with Crippen molar-refractivity contribution in [2.45, 2.75) is 25.4 Å². The molecule has 2 atom stereocenters. The second-order valence-electron chi connectivity index (χ2n) is 7.44. The normalized spacial score (nSPS) is 21.1. The number of likely N-dealkylation sites (tertiary alicyclic amines) is 2. The largest absolute Gasteiger partial charge is 0.492 e. The van der Waals surface area contributed by atoms with E-state index in [1.165, 1.54) is 11.3 Å². The van der Waals surface area contributed by atoms with Crippen molar-refractivity contribution in [3.05, 3.63) is 42.6 Å². The van der Waals surface area contributed by atoms with Gasteiger partial charge in [-0.25, -0.2) is 9.97 Å². The van der Waals surface area contributed by atoms with E-state index < -0.39 is 0 Å². The van der Waals surface area contributed by atoms with Gasteiger partial charge in [-0.15, -0.1) is 0 Å². The SMILES string of the molecule is CC(=O)N1C[C@@H]2C[C@H]1CN2CCOc1ccc(Oc2nc3cccnc3s2)cc1. The highest BCUT2D eigenvalue weighted by Gasteiger charge is 2.43. The number of thiazole rings is 1. The molecule has 0 spiro atoms. The van der Waals surface area contributed by atoms with E-state index in [2.05, 4.69) is 14.9 Å². The molecule has 2 bridgehead atoms. The smallest absolute Gasteiger partial charge is 0.281 e. The van der Waals surface area contributed by atoms with Crippen LogP contribution in [0.5, 0.6) is 16.7 Å². The molecule has 2 aliphatic heterocycles.